The number of halogens is 1. The first-order valence-corrected chi connectivity index (χ1v) is 6.92. The molecule has 3 rings (SSSR count). The van der Waals surface area contributed by atoms with Crippen molar-refractivity contribution in [3.05, 3.63) is 54.0 Å². The molecule has 0 fully saturated rings. The summed E-state index contributed by atoms with van der Waals surface area (Å²) in [6, 6.07) is 11.1. The summed E-state index contributed by atoms with van der Waals surface area (Å²) in [7, 11) is 3.06. The number of methoxy groups -OCH3 is 2. The van der Waals surface area contributed by atoms with Crippen molar-refractivity contribution in [1.29, 1.82) is 0 Å². The quantitative estimate of drug-likeness (QED) is 0.774. The summed E-state index contributed by atoms with van der Waals surface area (Å²) in [6.07, 6.45) is 0. The number of ether oxygens (including phenoxy) is 2. The Morgan fingerprint density at radius 2 is 1.91 bits per heavy atom. The van der Waals surface area contributed by atoms with Gasteiger partial charge in [-0.15, -0.1) is 0 Å². The Labute approximate surface area is 132 Å². The van der Waals surface area contributed by atoms with Gasteiger partial charge in [0, 0.05) is 17.0 Å². The lowest BCUT2D eigenvalue weighted by atomic mass is 10.2. The minimum absolute atomic E-state index is 0.337. The molecule has 2 aromatic carbocycles. The van der Waals surface area contributed by atoms with Crippen molar-refractivity contribution in [3.8, 4) is 11.5 Å². The molecule has 0 aliphatic heterocycles. The van der Waals surface area contributed by atoms with Gasteiger partial charge < -0.3 is 19.8 Å². The van der Waals surface area contributed by atoms with Crippen LogP contribution in [0.2, 0.25) is 0 Å². The van der Waals surface area contributed by atoms with Crippen LogP contribution in [-0.4, -0.2) is 25.1 Å². The number of hydrogen-bond donors (Lipinski definition) is 2. The number of nitrogens with one attached hydrogen (secondary N) is 2. The van der Waals surface area contributed by atoms with Gasteiger partial charge in [0.1, 0.15) is 23.0 Å². The highest BCUT2D eigenvalue weighted by atomic mass is 19.1. The number of rotatable bonds is 4. The Morgan fingerprint density at radius 1 is 1.09 bits per heavy atom. The molecule has 1 amide bonds. The van der Waals surface area contributed by atoms with E-state index in [1.807, 2.05) is 0 Å². The fraction of sp³-hybridized carbons (Fsp3) is 0.118. The smallest absolute Gasteiger partial charge is 0.272 e. The molecule has 0 aliphatic carbocycles. The van der Waals surface area contributed by atoms with Crippen molar-refractivity contribution in [2.75, 3.05) is 19.5 Å². The highest BCUT2D eigenvalue weighted by Crippen LogP contribution is 2.29. The first kappa shape index (κ1) is 14.9. The van der Waals surface area contributed by atoms with E-state index in [-0.39, 0.29) is 11.7 Å². The molecule has 0 saturated carbocycles. The number of aromatic amines is 1. The van der Waals surface area contributed by atoms with Gasteiger partial charge >= 0.3 is 0 Å². The Bertz CT molecular complexity index is 873. The number of aromatic nitrogens is 1. The van der Waals surface area contributed by atoms with Crippen LogP contribution in [0.4, 0.5) is 10.1 Å². The van der Waals surface area contributed by atoms with E-state index in [1.54, 1.807) is 37.4 Å². The maximum absolute atomic E-state index is 13.2. The van der Waals surface area contributed by atoms with Crippen molar-refractivity contribution in [2.24, 2.45) is 0 Å². The monoisotopic (exact) mass is 314 g/mol. The van der Waals surface area contributed by atoms with Crippen LogP contribution in [0.5, 0.6) is 11.5 Å². The molecule has 1 heterocycles. The maximum atomic E-state index is 13.2. The van der Waals surface area contributed by atoms with E-state index in [0.29, 0.717) is 28.4 Å². The fourth-order valence-corrected chi connectivity index (χ4v) is 2.31. The van der Waals surface area contributed by atoms with E-state index in [0.717, 1.165) is 5.39 Å². The molecule has 6 heteroatoms. The Hall–Kier alpha value is -3.02. The number of anilines is 1. The average molecular weight is 314 g/mol. The van der Waals surface area contributed by atoms with Crippen molar-refractivity contribution >= 4 is 22.5 Å². The number of hydrogen-bond acceptors (Lipinski definition) is 3. The summed E-state index contributed by atoms with van der Waals surface area (Å²) in [5.41, 5.74) is 1.42. The van der Waals surface area contributed by atoms with Crippen molar-refractivity contribution in [1.82, 2.24) is 4.98 Å². The number of fused-ring (bicyclic) bond motifs is 1. The summed E-state index contributed by atoms with van der Waals surface area (Å²) in [5, 5.41) is 3.52. The van der Waals surface area contributed by atoms with E-state index < -0.39 is 0 Å². The van der Waals surface area contributed by atoms with Crippen LogP contribution in [-0.2, 0) is 0 Å². The molecule has 3 aromatic rings. The molecule has 1 aromatic heterocycles. The number of H-pyrrole nitrogens is 1. The second-order valence-corrected chi connectivity index (χ2v) is 4.93. The molecular formula is C17H15FN2O3. The van der Waals surface area contributed by atoms with Gasteiger partial charge in [0.05, 0.1) is 19.9 Å². The average Bonchev–Trinajstić information content (AvgIpc) is 2.98. The van der Waals surface area contributed by atoms with Crippen molar-refractivity contribution in [2.45, 2.75) is 0 Å². The summed E-state index contributed by atoms with van der Waals surface area (Å²) >= 11 is 0. The van der Waals surface area contributed by atoms with Crippen LogP contribution in [0, 0.1) is 5.82 Å². The van der Waals surface area contributed by atoms with Gasteiger partial charge in [-0.25, -0.2) is 4.39 Å². The highest BCUT2D eigenvalue weighted by molar-refractivity contribution is 6.06. The predicted molar refractivity (Wildman–Crippen MR) is 85.8 cm³/mol. The van der Waals surface area contributed by atoms with E-state index >= 15 is 0 Å². The summed E-state index contributed by atoms with van der Waals surface area (Å²) in [4.78, 5) is 15.3. The molecule has 0 unspecified atom stereocenters. The molecule has 23 heavy (non-hydrogen) atoms. The lowest BCUT2D eigenvalue weighted by molar-refractivity contribution is 0.102. The van der Waals surface area contributed by atoms with Crippen LogP contribution in [0.15, 0.2) is 42.5 Å². The van der Waals surface area contributed by atoms with Crippen LogP contribution >= 0.6 is 0 Å². The largest absolute Gasteiger partial charge is 0.497 e. The van der Waals surface area contributed by atoms with Crippen LogP contribution in [0.1, 0.15) is 10.5 Å². The Kier molecular flexibility index (Phi) is 3.89. The topological polar surface area (TPSA) is 63.3 Å². The number of carbonyl (C=O) groups excluding carboxylic acids is 1. The van der Waals surface area contributed by atoms with E-state index in [4.69, 9.17) is 9.47 Å². The highest BCUT2D eigenvalue weighted by Gasteiger charge is 2.13. The van der Waals surface area contributed by atoms with Crippen LogP contribution in [0.25, 0.3) is 10.9 Å². The van der Waals surface area contributed by atoms with Crippen LogP contribution < -0.4 is 14.8 Å². The standard InChI is InChI=1S/C17H15FN2O3/c1-22-12-5-6-13(16(9-12)23-2)20-17(21)15-7-10-3-4-11(18)8-14(10)19-15/h3-9,19H,1-2H3,(H,20,21). The third-order valence-electron chi connectivity index (χ3n) is 3.49. The van der Waals surface area contributed by atoms with E-state index in [9.17, 15) is 9.18 Å². The summed E-state index contributed by atoms with van der Waals surface area (Å²) in [6.45, 7) is 0. The van der Waals surface area contributed by atoms with Crippen molar-refractivity contribution < 1.29 is 18.7 Å². The number of benzene rings is 2. The third-order valence-corrected chi connectivity index (χ3v) is 3.49. The first-order chi connectivity index (χ1) is 11.1. The molecule has 0 spiro atoms. The minimum Gasteiger partial charge on any atom is -0.497 e. The van der Waals surface area contributed by atoms with Gasteiger partial charge in [-0.3, -0.25) is 4.79 Å². The molecule has 5 nitrogen and oxygen atoms in total. The van der Waals surface area contributed by atoms with Gasteiger partial charge in [0.15, 0.2) is 0 Å². The molecular weight excluding hydrogens is 299 g/mol. The molecule has 0 aliphatic rings. The van der Waals surface area contributed by atoms with Gasteiger partial charge in [0.2, 0.25) is 0 Å². The third kappa shape index (κ3) is 2.96. The van der Waals surface area contributed by atoms with Crippen LogP contribution in [0.3, 0.4) is 0 Å². The first-order valence-electron chi connectivity index (χ1n) is 6.92. The zero-order valence-electron chi connectivity index (χ0n) is 12.6. The lowest BCUT2D eigenvalue weighted by Gasteiger charge is -2.11. The van der Waals surface area contributed by atoms with E-state index in [2.05, 4.69) is 10.3 Å². The minimum atomic E-state index is -0.358. The second kappa shape index (κ2) is 6.00. The summed E-state index contributed by atoms with van der Waals surface area (Å²) in [5.74, 6) is 0.411. The lowest BCUT2D eigenvalue weighted by Crippen LogP contribution is -2.13. The van der Waals surface area contributed by atoms with Gasteiger partial charge in [-0.1, -0.05) is 0 Å². The zero-order valence-corrected chi connectivity index (χ0v) is 12.6. The van der Waals surface area contributed by atoms with E-state index in [1.165, 1.54) is 19.2 Å². The SMILES string of the molecule is COc1ccc(NC(=O)c2cc3ccc(F)cc3[nH]2)c(OC)c1. The maximum Gasteiger partial charge on any atom is 0.272 e. The number of carbonyl (C=O) groups is 1. The van der Waals surface area contributed by atoms with Crippen molar-refractivity contribution in [3.63, 3.8) is 0 Å². The predicted octanol–water partition coefficient (Wildman–Crippen LogP) is 3.58. The molecule has 2 N–H and O–H groups in total. The normalized spacial score (nSPS) is 10.6. The second-order valence-electron chi connectivity index (χ2n) is 4.93. The number of amides is 1. The molecule has 0 bridgehead atoms. The van der Waals surface area contributed by atoms with Gasteiger partial charge in [0.25, 0.3) is 5.91 Å². The molecule has 118 valence electrons. The summed E-state index contributed by atoms with van der Waals surface area (Å²) < 4.78 is 23.6. The molecule has 0 atom stereocenters. The van der Waals surface area contributed by atoms with Gasteiger partial charge in [-0.2, -0.15) is 0 Å². The Balaban J connectivity index is 1.88. The van der Waals surface area contributed by atoms with Gasteiger partial charge in [-0.05, 0) is 36.4 Å². The fourth-order valence-electron chi connectivity index (χ4n) is 2.31. The zero-order chi connectivity index (χ0) is 16.4. The molecule has 0 radical (unpaired) electrons. The Morgan fingerprint density at radius 3 is 2.65 bits per heavy atom. The molecule has 0 saturated heterocycles.